The molecule has 0 aliphatic carbocycles. The van der Waals surface area contributed by atoms with E-state index < -0.39 is 0 Å². The summed E-state index contributed by atoms with van der Waals surface area (Å²) >= 11 is 5.85. The van der Waals surface area contributed by atoms with Crippen LogP contribution >= 0.6 is 12.2 Å². The van der Waals surface area contributed by atoms with E-state index in [0.29, 0.717) is 17.2 Å². The minimum absolute atomic E-state index is 0.0726. The molecular formula is C33H35N5O3S. The zero-order chi connectivity index (χ0) is 30.0. The Morgan fingerprint density at radius 3 is 2.57 bits per heavy atom. The van der Waals surface area contributed by atoms with E-state index in [4.69, 9.17) is 17.0 Å². The Labute approximate surface area is 251 Å². The van der Waals surface area contributed by atoms with Crippen molar-refractivity contribution in [3.63, 3.8) is 0 Å². The Morgan fingerprint density at radius 1 is 1.02 bits per heavy atom. The van der Waals surface area contributed by atoms with E-state index in [1.54, 1.807) is 12.3 Å². The first-order valence-corrected chi connectivity index (χ1v) is 14.3. The molecule has 0 unspecified atom stereocenters. The highest BCUT2D eigenvalue weighted by atomic mass is 32.1. The summed E-state index contributed by atoms with van der Waals surface area (Å²) in [4.78, 5) is 32.1. The SMILES string of the molecule is COC(=O)c1cccc(-n2c(C)cc([C@H]3[C@@H](c4ccccn4)NC(=S)N3CCC(=O)Nc3cc(C)ccc3C)c2C)c1. The van der Waals surface area contributed by atoms with E-state index in [2.05, 4.69) is 38.1 Å². The zero-order valence-corrected chi connectivity index (χ0v) is 25.3. The normalized spacial score (nSPS) is 16.3. The summed E-state index contributed by atoms with van der Waals surface area (Å²) < 4.78 is 7.07. The van der Waals surface area contributed by atoms with Gasteiger partial charge in [-0.1, -0.05) is 24.3 Å². The van der Waals surface area contributed by atoms with Gasteiger partial charge in [-0.05, 0) is 99.1 Å². The third-order valence-electron chi connectivity index (χ3n) is 7.76. The van der Waals surface area contributed by atoms with Crippen LogP contribution in [0, 0.1) is 27.7 Å². The van der Waals surface area contributed by atoms with Crippen LogP contribution in [0.3, 0.4) is 0 Å². The summed E-state index contributed by atoms with van der Waals surface area (Å²) in [6, 6.07) is 21.0. The Bertz CT molecular complexity index is 1650. The Morgan fingerprint density at radius 2 is 1.83 bits per heavy atom. The molecule has 42 heavy (non-hydrogen) atoms. The monoisotopic (exact) mass is 581 g/mol. The van der Waals surface area contributed by atoms with Gasteiger partial charge in [-0.2, -0.15) is 0 Å². The summed E-state index contributed by atoms with van der Waals surface area (Å²) in [6.45, 7) is 8.53. The molecule has 2 aromatic carbocycles. The number of nitrogens with zero attached hydrogens (tertiary/aromatic N) is 3. The van der Waals surface area contributed by atoms with Crippen molar-refractivity contribution in [2.45, 2.75) is 46.2 Å². The molecule has 1 aliphatic rings. The van der Waals surface area contributed by atoms with E-state index in [1.165, 1.54) is 7.11 Å². The second-order valence-corrected chi connectivity index (χ2v) is 11.0. The van der Waals surface area contributed by atoms with Crippen molar-refractivity contribution in [2.24, 2.45) is 0 Å². The van der Waals surface area contributed by atoms with Gasteiger partial charge in [0, 0.05) is 41.9 Å². The molecule has 0 spiro atoms. The third-order valence-corrected chi connectivity index (χ3v) is 8.11. The first kappa shape index (κ1) is 29.0. The molecule has 8 nitrogen and oxygen atoms in total. The van der Waals surface area contributed by atoms with Gasteiger partial charge in [0.15, 0.2) is 5.11 Å². The molecule has 4 aromatic rings. The fraction of sp³-hybridized carbons (Fsp3) is 0.273. The Balaban J connectivity index is 1.48. The molecule has 2 aromatic heterocycles. The minimum Gasteiger partial charge on any atom is -0.465 e. The average Bonchev–Trinajstić information content (AvgIpc) is 3.47. The molecule has 0 bridgehead atoms. The van der Waals surface area contributed by atoms with E-state index in [1.807, 2.05) is 75.4 Å². The predicted octanol–water partition coefficient (Wildman–Crippen LogP) is 5.89. The maximum Gasteiger partial charge on any atom is 0.337 e. The maximum absolute atomic E-state index is 13.1. The van der Waals surface area contributed by atoms with Crippen molar-refractivity contribution < 1.29 is 14.3 Å². The minimum atomic E-state index is -0.384. The number of carbonyl (C=O) groups excluding carboxylic acids is 2. The number of rotatable bonds is 8. The van der Waals surface area contributed by atoms with Crippen LogP contribution in [0.15, 0.2) is 72.9 Å². The quantitative estimate of drug-likeness (QED) is 0.198. The van der Waals surface area contributed by atoms with Gasteiger partial charge in [0.2, 0.25) is 5.91 Å². The molecule has 1 aliphatic heterocycles. The fourth-order valence-electron chi connectivity index (χ4n) is 5.66. The number of hydrogen-bond donors (Lipinski definition) is 2. The van der Waals surface area contributed by atoms with Crippen molar-refractivity contribution in [1.82, 2.24) is 19.8 Å². The molecule has 0 radical (unpaired) electrons. The van der Waals surface area contributed by atoms with Crippen LogP contribution in [-0.2, 0) is 9.53 Å². The van der Waals surface area contributed by atoms with Crippen LogP contribution in [-0.4, -0.2) is 45.1 Å². The number of aryl methyl sites for hydroxylation is 3. The number of benzene rings is 2. The second-order valence-electron chi connectivity index (χ2n) is 10.6. The lowest BCUT2D eigenvalue weighted by atomic mass is 9.96. The number of esters is 1. The number of anilines is 1. The summed E-state index contributed by atoms with van der Waals surface area (Å²) in [6.07, 6.45) is 2.04. The first-order chi connectivity index (χ1) is 20.2. The van der Waals surface area contributed by atoms with Crippen LogP contribution < -0.4 is 10.6 Å². The van der Waals surface area contributed by atoms with E-state index in [0.717, 1.165) is 45.1 Å². The maximum atomic E-state index is 13.1. The number of amides is 1. The average molecular weight is 582 g/mol. The number of thiocarbonyl (C=S) groups is 1. The Hall–Kier alpha value is -4.50. The van der Waals surface area contributed by atoms with Crippen LogP contribution in [0.25, 0.3) is 5.69 Å². The summed E-state index contributed by atoms with van der Waals surface area (Å²) in [5, 5.41) is 7.12. The molecule has 2 atom stereocenters. The fourth-order valence-corrected chi connectivity index (χ4v) is 6.00. The number of methoxy groups -OCH3 is 1. The van der Waals surface area contributed by atoms with Gasteiger partial charge < -0.3 is 24.8 Å². The molecule has 1 fully saturated rings. The lowest BCUT2D eigenvalue weighted by molar-refractivity contribution is -0.116. The lowest BCUT2D eigenvalue weighted by Crippen LogP contribution is -2.33. The summed E-state index contributed by atoms with van der Waals surface area (Å²) in [5.74, 6) is -0.456. The van der Waals surface area contributed by atoms with E-state index >= 15 is 0 Å². The number of aromatic nitrogens is 2. The molecule has 9 heteroatoms. The van der Waals surface area contributed by atoms with Gasteiger partial charge in [-0.3, -0.25) is 9.78 Å². The Kier molecular flexibility index (Phi) is 8.40. The van der Waals surface area contributed by atoms with Gasteiger partial charge >= 0.3 is 5.97 Å². The third kappa shape index (κ3) is 5.78. The van der Waals surface area contributed by atoms with Crippen molar-refractivity contribution in [3.05, 3.63) is 112 Å². The number of ether oxygens (including phenoxy) is 1. The first-order valence-electron chi connectivity index (χ1n) is 13.9. The van der Waals surface area contributed by atoms with Gasteiger partial charge in [-0.15, -0.1) is 0 Å². The number of carbonyl (C=O) groups is 2. The summed E-state index contributed by atoms with van der Waals surface area (Å²) in [7, 11) is 1.38. The van der Waals surface area contributed by atoms with E-state index in [-0.39, 0.29) is 30.4 Å². The van der Waals surface area contributed by atoms with E-state index in [9.17, 15) is 9.59 Å². The summed E-state index contributed by atoms with van der Waals surface area (Å²) in [5.41, 5.74) is 8.22. The van der Waals surface area contributed by atoms with Crippen molar-refractivity contribution >= 4 is 34.9 Å². The number of hydrogen-bond acceptors (Lipinski definition) is 5. The lowest BCUT2D eigenvalue weighted by Gasteiger charge is -2.28. The molecule has 1 saturated heterocycles. The van der Waals surface area contributed by atoms with Gasteiger partial charge in [0.05, 0.1) is 30.5 Å². The highest BCUT2D eigenvalue weighted by Crippen LogP contribution is 2.41. The predicted molar refractivity (Wildman–Crippen MR) is 168 cm³/mol. The smallest absolute Gasteiger partial charge is 0.337 e. The highest BCUT2D eigenvalue weighted by molar-refractivity contribution is 7.80. The topological polar surface area (TPSA) is 88.5 Å². The van der Waals surface area contributed by atoms with Crippen LogP contribution in [0.1, 0.15) is 62.6 Å². The zero-order valence-electron chi connectivity index (χ0n) is 24.5. The molecular weight excluding hydrogens is 546 g/mol. The molecule has 5 rings (SSSR count). The van der Waals surface area contributed by atoms with Crippen LogP contribution in [0.2, 0.25) is 0 Å². The van der Waals surface area contributed by atoms with Crippen LogP contribution in [0.5, 0.6) is 0 Å². The van der Waals surface area contributed by atoms with Crippen LogP contribution in [0.4, 0.5) is 5.69 Å². The van der Waals surface area contributed by atoms with Crippen molar-refractivity contribution in [1.29, 1.82) is 0 Å². The van der Waals surface area contributed by atoms with Crippen molar-refractivity contribution in [2.75, 3.05) is 19.0 Å². The standard InChI is InChI=1S/C33H35N5O3S/c1-20-12-13-21(2)28(17-20)35-29(39)14-16-37-31(30(36-33(37)42)27-11-6-7-15-34-27)26-18-22(3)38(23(26)4)25-10-8-9-24(19-25)32(40)41-5/h6-13,15,17-19,30-31H,14,16H2,1-5H3,(H,35,39)(H,36,42)/t30-,31+/m1/s1. The van der Waals surface area contributed by atoms with Gasteiger partial charge in [0.1, 0.15) is 0 Å². The van der Waals surface area contributed by atoms with Crippen molar-refractivity contribution in [3.8, 4) is 5.69 Å². The molecule has 1 amide bonds. The largest absolute Gasteiger partial charge is 0.465 e. The molecule has 216 valence electrons. The molecule has 0 saturated carbocycles. The molecule has 3 heterocycles. The number of nitrogens with one attached hydrogen (secondary N) is 2. The second kappa shape index (κ2) is 12.2. The van der Waals surface area contributed by atoms with Gasteiger partial charge in [-0.25, -0.2) is 4.79 Å². The highest BCUT2D eigenvalue weighted by Gasteiger charge is 2.41. The number of pyridine rings is 1. The van der Waals surface area contributed by atoms with Gasteiger partial charge in [0.25, 0.3) is 0 Å². The molecule has 2 N–H and O–H groups in total.